The summed E-state index contributed by atoms with van der Waals surface area (Å²) in [5.74, 6) is 1.17. The van der Waals surface area contributed by atoms with Gasteiger partial charge in [0.15, 0.2) is 5.96 Å². The van der Waals surface area contributed by atoms with Crippen molar-refractivity contribution in [1.82, 2.24) is 15.6 Å². The molecule has 7 heteroatoms. The van der Waals surface area contributed by atoms with E-state index in [-0.39, 0.29) is 5.91 Å². The standard InChI is InChI=1S/C16H21N5OS/c1-12-5-6-14(19-10-12)21-15(22)7-8-18-16(17-2)20-11-13-4-3-9-23-13/h3-6,9-10H,7-8,11H2,1-2H3,(H2,17,18,20)(H,19,21,22). The van der Waals surface area contributed by atoms with Gasteiger partial charge in [0.25, 0.3) is 0 Å². The molecule has 0 aromatic carbocycles. The lowest BCUT2D eigenvalue weighted by Gasteiger charge is -2.11. The molecule has 0 fully saturated rings. The summed E-state index contributed by atoms with van der Waals surface area (Å²) >= 11 is 1.69. The summed E-state index contributed by atoms with van der Waals surface area (Å²) in [6.07, 6.45) is 2.07. The molecule has 2 aromatic heterocycles. The molecule has 0 spiro atoms. The van der Waals surface area contributed by atoms with E-state index in [1.165, 1.54) is 4.88 Å². The molecule has 2 heterocycles. The lowest BCUT2D eigenvalue weighted by Crippen LogP contribution is -2.38. The van der Waals surface area contributed by atoms with Crippen molar-refractivity contribution in [3.63, 3.8) is 0 Å². The third kappa shape index (κ3) is 6.07. The van der Waals surface area contributed by atoms with E-state index in [4.69, 9.17) is 0 Å². The Morgan fingerprint density at radius 3 is 2.83 bits per heavy atom. The van der Waals surface area contributed by atoms with E-state index >= 15 is 0 Å². The quantitative estimate of drug-likeness (QED) is 0.560. The maximum atomic E-state index is 11.9. The molecular formula is C16H21N5OS. The number of guanidine groups is 1. The summed E-state index contributed by atoms with van der Waals surface area (Å²) in [6, 6.07) is 7.79. The fourth-order valence-corrected chi connectivity index (χ4v) is 2.49. The van der Waals surface area contributed by atoms with E-state index in [1.807, 2.05) is 24.4 Å². The van der Waals surface area contributed by atoms with Gasteiger partial charge in [-0.1, -0.05) is 12.1 Å². The average molecular weight is 331 g/mol. The summed E-state index contributed by atoms with van der Waals surface area (Å²) in [4.78, 5) is 21.4. The first kappa shape index (κ1) is 17.0. The highest BCUT2D eigenvalue weighted by molar-refractivity contribution is 7.09. The first-order chi connectivity index (χ1) is 11.2. The number of carbonyl (C=O) groups excluding carboxylic acids is 1. The van der Waals surface area contributed by atoms with Crippen molar-refractivity contribution in [1.29, 1.82) is 0 Å². The van der Waals surface area contributed by atoms with Gasteiger partial charge in [-0.15, -0.1) is 11.3 Å². The molecule has 0 unspecified atom stereocenters. The Balaban J connectivity index is 1.68. The normalized spacial score (nSPS) is 11.1. The number of nitrogens with one attached hydrogen (secondary N) is 3. The predicted octanol–water partition coefficient (Wildman–Crippen LogP) is 2.15. The minimum Gasteiger partial charge on any atom is -0.356 e. The maximum Gasteiger partial charge on any atom is 0.227 e. The first-order valence-corrected chi connectivity index (χ1v) is 8.25. The Morgan fingerprint density at radius 2 is 2.17 bits per heavy atom. The minimum atomic E-state index is -0.0810. The number of nitrogens with zero attached hydrogens (tertiary/aromatic N) is 2. The number of carbonyl (C=O) groups is 1. The molecule has 0 aliphatic heterocycles. The number of hydrogen-bond acceptors (Lipinski definition) is 4. The maximum absolute atomic E-state index is 11.9. The van der Waals surface area contributed by atoms with Crippen molar-refractivity contribution in [3.05, 3.63) is 46.3 Å². The van der Waals surface area contributed by atoms with E-state index in [9.17, 15) is 4.79 Å². The fourth-order valence-electron chi connectivity index (χ4n) is 1.85. The van der Waals surface area contributed by atoms with Gasteiger partial charge in [0, 0.05) is 31.1 Å². The number of aromatic nitrogens is 1. The third-order valence-corrected chi connectivity index (χ3v) is 3.93. The predicted molar refractivity (Wildman–Crippen MR) is 94.7 cm³/mol. The number of aryl methyl sites for hydroxylation is 1. The molecule has 0 atom stereocenters. The molecule has 0 bridgehead atoms. The van der Waals surface area contributed by atoms with Crippen LogP contribution in [0.3, 0.4) is 0 Å². The van der Waals surface area contributed by atoms with Gasteiger partial charge in [0.05, 0.1) is 6.54 Å². The molecule has 3 N–H and O–H groups in total. The van der Waals surface area contributed by atoms with Gasteiger partial charge in [-0.25, -0.2) is 4.98 Å². The van der Waals surface area contributed by atoms with Crippen molar-refractivity contribution < 1.29 is 4.79 Å². The van der Waals surface area contributed by atoms with E-state index < -0.39 is 0 Å². The number of rotatable bonds is 6. The molecule has 122 valence electrons. The summed E-state index contributed by atoms with van der Waals surface area (Å²) in [5.41, 5.74) is 1.06. The van der Waals surface area contributed by atoms with Crippen molar-refractivity contribution in [2.75, 3.05) is 18.9 Å². The summed E-state index contributed by atoms with van der Waals surface area (Å²) in [5, 5.41) is 11.1. The lowest BCUT2D eigenvalue weighted by atomic mass is 10.3. The number of anilines is 1. The van der Waals surface area contributed by atoms with Crippen LogP contribution in [0.2, 0.25) is 0 Å². The molecule has 0 saturated heterocycles. The molecule has 0 saturated carbocycles. The summed E-state index contributed by atoms with van der Waals surface area (Å²) < 4.78 is 0. The zero-order chi connectivity index (χ0) is 16.5. The zero-order valence-corrected chi connectivity index (χ0v) is 14.1. The van der Waals surface area contributed by atoms with Crippen LogP contribution < -0.4 is 16.0 Å². The third-order valence-electron chi connectivity index (χ3n) is 3.06. The largest absolute Gasteiger partial charge is 0.356 e. The van der Waals surface area contributed by atoms with E-state index in [2.05, 4.69) is 32.0 Å². The van der Waals surface area contributed by atoms with Crippen LogP contribution in [0.25, 0.3) is 0 Å². The van der Waals surface area contributed by atoms with Crippen LogP contribution >= 0.6 is 11.3 Å². The van der Waals surface area contributed by atoms with E-state index in [1.54, 1.807) is 30.6 Å². The average Bonchev–Trinajstić information content (AvgIpc) is 3.06. The van der Waals surface area contributed by atoms with Gasteiger partial charge in [-0.3, -0.25) is 9.79 Å². The topological polar surface area (TPSA) is 78.4 Å². The Morgan fingerprint density at radius 1 is 1.30 bits per heavy atom. The fraction of sp³-hybridized carbons (Fsp3) is 0.312. The monoisotopic (exact) mass is 331 g/mol. The van der Waals surface area contributed by atoms with Crippen LogP contribution in [0.5, 0.6) is 0 Å². The van der Waals surface area contributed by atoms with Gasteiger partial charge >= 0.3 is 0 Å². The van der Waals surface area contributed by atoms with Gasteiger partial charge < -0.3 is 16.0 Å². The second-order valence-corrected chi connectivity index (χ2v) is 5.98. The first-order valence-electron chi connectivity index (χ1n) is 7.37. The number of thiophene rings is 1. The number of hydrogen-bond donors (Lipinski definition) is 3. The van der Waals surface area contributed by atoms with Gasteiger partial charge in [0.1, 0.15) is 5.82 Å². The molecule has 0 aliphatic carbocycles. The smallest absolute Gasteiger partial charge is 0.227 e. The molecule has 0 radical (unpaired) electrons. The molecule has 6 nitrogen and oxygen atoms in total. The second-order valence-electron chi connectivity index (χ2n) is 4.95. The van der Waals surface area contributed by atoms with Crippen LogP contribution in [0.4, 0.5) is 5.82 Å². The highest BCUT2D eigenvalue weighted by Crippen LogP contribution is 2.07. The second kappa shape index (κ2) is 8.89. The van der Waals surface area contributed by atoms with Crippen molar-refractivity contribution >= 4 is 29.0 Å². The van der Waals surface area contributed by atoms with Gasteiger partial charge in [-0.05, 0) is 30.0 Å². The van der Waals surface area contributed by atoms with Crippen LogP contribution in [-0.2, 0) is 11.3 Å². The molecular weight excluding hydrogens is 310 g/mol. The van der Waals surface area contributed by atoms with Crippen LogP contribution in [0, 0.1) is 6.92 Å². The molecule has 2 rings (SSSR count). The molecule has 1 amide bonds. The highest BCUT2D eigenvalue weighted by Gasteiger charge is 2.04. The molecule has 2 aromatic rings. The Hall–Kier alpha value is -2.41. The van der Waals surface area contributed by atoms with Crippen LogP contribution in [0.15, 0.2) is 40.8 Å². The number of aliphatic imine (C=N–C) groups is 1. The van der Waals surface area contributed by atoms with Crippen molar-refractivity contribution in [2.24, 2.45) is 4.99 Å². The highest BCUT2D eigenvalue weighted by atomic mass is 32.1. The Labute approximate surface area is 140 Å². The van der Waals surface area contributed by atoms with Crippen LogP contribution in [-0.4, -0.2) is 30.4 Å². The SMILES string of the molecule is CN=C(NCCC(=O)Nc1ccc(C)cn1)NCc1cccs1. The van der Waals surface area contributed by atoms with Crippen molar-refractivity contribution in [2.45, 2.75) is 19.9 Å². The van der Waals surface area contributed by atoms with Crippen LogP contribution in [0.1, 0.15) is 16.9 Å². The molecule has 0 aliphatic rings. The summed E-state index contributed by atoms with van der Waals surface area (Å²) in [7, 11) is 1.71. The van der Waals surface area contributed by atoms with Crippen molar-refractivity contribution in [3.8, 4) is 0 Å². The summed E-state index contributed by atoms with van der Waals surface area (Å²) in [6.45, 7) is 3.18. The number of pyridine rings is 1. The van der Waals surface area contributed by atoms with E-state index in [0.29, 0.717) is 24.7 Å². The Kier molecular flexibility index (Phi) is 6.56. The van der Waals surface area contributed by atoms with Gasteiger partial charge in [0.2, 0.25) is 5.91 Å². The lowest BCUT2D eigenvalue weighted by molar-refractivity contribution is -0.116. The minimum absolute atomic E-state index is 0.0810. The molecule has 23 heavy (non-hydrogen) atoms. The number of amides is 1. The van der Waals surface area contributed by atoms with Gasteiger partial charge in [-0.2, -0.15) is 0 Å². The Bertz CT molecular complexity index is 637. The van der Waals surface area contributed by atoms with E-state index in [0.717, 1.165) is 12.1 Å². The zero-order valence-electron chi connectivity index (χ0n) is 13.3.